The molecule has 2 aromatic rings. The van der Waals surface area contributed by atoms with Crippen LogP contribution in [0.5, 0.6) is 5.75 Å². The molecular weight excluding hydrogens is 296 g/mol. The van der Waals surface area contributed by atoms with Crippen molar-refractivity contribution in [3.63, 3.8) is 0 Å². The molecule has 0 aromatic heterocycles. The monoisotopic (exact) mass is 316 g/mol. The fourth-order valence-electron chi connectivity index (χ4n) is 2.46. The van der Waals surface area contributed by atoms with E-state index in [1.807, 2.05) is 43.3 Å². The average molecular weight is 317 g/mol. The lowest BCUT2D eigenvalue weighted by atomic mass is 9.86. The Kier molecular flexibility index (Phi) is 6.91. The van der Waals surface area contributed by atoms with Crippen LogP contribution < -0.4 is 10.5 Å². The highest BCUT2D eigenvalue weighted by molar-refractivity contribution is 5.85. The first-order valence-corrected chi connectivity index (χ1v) is 7.02. The summed E-state index contributed by atoms with van der Waals surface area (Å²) in [5.74, 6) is 1.04. The van der Waals surface area contributed by atoms with Crippen molar-refractivity contribution in [2.75, 3.05) is 7.11 Å². The van der Waals surface area contributed by atoms with Gasteiger partial charge in [-0.15, -0.1) is 12.4 Å². The van der Waals surface area contributed by atoms with E-state index in [1.54, 1.807) is 7.11 Å². The quantitative estimate of drug-likeness (QED) is 0.915. The molecule has 0 fully saturated rings. The molecule has 0 amide bonds. The van der Waals surface area contributed by atoms with Gasteiger partial charge in [0.05, 0.1) is 18.7 Å². The van der Waals surface area contributed by atoms with E-state index in [9.17, 15) is 0 Å². The molecule has 2 rings (SSSR count). The predicted octanol–water partition coefficient (Wildman–Crippen LogP) is 3.66. The van der Waals surface area contributed by atoms with Crippen molar-refractivity contribution in [1.82, 2.24) is 0 Å². The maximum absolute atomic E-state index is 9.03. The van der Waals surface area contributed by atoms with Gasteiger partial charge < -0.3 is 10.5 Å². The van der Waals surface area contributed by atoms with E-state index in [2.05, 4.69) is 18.2 Å². The van der Waals surface area contributed by atoms with E-state index < -0.39 is 0 Å². The normalized spacial score (nSPS) is 12.6. The number of nitrogens with zero attached hydrogens (tertiary/aromatic N) is 1. The lowest BCUT2D eigenvalue weighted by Crippen LogP contribution is -2.26. The predicted molar refractivity (Wildman–Crippen MR) is 91.5 cm³/mol. The number of ether oxygens (including phenoxy) is 1. The van der Waals surface area contributed by atoms with Crippen LogP contribution in [-0.2, 0) is 6.42 Å². The topological polar surface area (TPSA) is 59.0 Å². The standard InChI is InChI=1S/C18H20N2O.ClH/c1-13(20)18(16-5-3-4-15(10-16)12-19)11-14-6-8-17(21-2)9-7-14;/h3-10,13,18H,11,20H2,1-2H3;1H. The van der Waals surface area contributed by atoms with Gasteiger partial charge >= 0.3 is 0 Å². The summed E-state index contributed by atoms with van der Waals surface area (Å²) in [6.07, 6.45) is 0.844. The van der Waals surface area contributed by atoms with Gasteiger partial charge in [0.2, 0.25) is 0 Å². The summed E-state index contributed by atoms with van der Waals surface area (Å²) in [5.41, 5.74) is 9.15. The van der Waals surface area contributed by atoms with Gasteiger partial charge in [-0.3, -0.25) is 0 Å². The zero-order valence-electron chi connectivity index (χ0n) is 12.8. The van der Waals surface area contributed by atoms with Crippen molar-refractivity contribution in [1.29, 1.82) is 5.26 Å². The Labute approximate surface area is 138 Å². The number of hydrogen-bond donors (Lipinski definition) is 1. The number of nitrogens with two attached hydrogens (primary N) is 1. The number of nitriles is 1. The molecular formula is C18H21ClN2O. The molecule has 0 aliphatic carbocycles. The largest absolute Gasteiger partial charge is 0.497 e. The minimum absolute atomic E-state index is 0. The number of hydrogen-bond acceptors (Lipinski definition) is 3. The Bertz CT molecular complexity index is 632. The highest BCUT2D eigenvalue weighted by Crippen LogP contribution is 2.25. The summed E-state index contributed by atoms with van der Waals surface area (Å²) in [6, 6.07) is 17.9. The molecule has 0 radical (unpaired) electrons. The minimum Gasteiger partial charge on any atom is -0.497 e. The number of methoxy groups -OCH3 is 1. The SMILES string of the molecule is COc1ccc(CC(c2cccc(C#N)c2)C(C)N)cc1.Cl. The zero-order valence-corrected chi connectivity index (χ0v) is 13.6. The van der Waals surface area contributed by atoms with Gasteiger partial charge in [-0.25, -0.2) is 0 Å². The van der Waals surface area contributed by atoms with E-state index in [0.717, 1.165) is 17.7 Å². The first-order chi connectivity index (χ1) is 10.1. The third-order valence-corrected chi connectivity index (χ3v) is 3.69. The molecule has 2 aromatic carbocycles. The second-order valence-electron chi connectivity index (χ2n) is 5.26. The third-order valence-electron chi connectivity index (χ3n) is 3.69. The molecule has 22 heavy (non-hydrogen) atoms. The molecule has 0 heterocycles. The molecule has 2 unspecified atom stereocenters. The van der Waals surface area contributed by atoms with E-state index >= 15 is 0 Å². The smallest absolute Gasteiger partial charge is 0.118 e. The second-order valence-corrected chi connectivity index (χ2v) is 5.26. The summed E-state index contributed by atoms with van der Waals surface area (Å²) in [6.45, 7) is 2.01. The molecule has 0 spiro atoms. The van der Waals surface area contributed by atoms with E-state index in [1.165, 1.54) is 5.56 Å². The van der Waals surface area contributed by atoms with Crippen LogP contribution >= 0.6 is 12.4 Å². The van der Waals surface area contributed by atoms with Crippen molar-refractivity contribution < 1.29 is 4.74 Å². The molecule has 0 aliphatic rings. The van der Waals surface area contributed by atoms with E-state index in [0.29, 0.717) is 5.56 Å². The van der Waals surface area contributed by atoms with Crippen LogP contribution in [0.3, 0.4) is 0 Å². The van der Waals surface area contributed by atoms with Crippen molar-refractivity contribution in [3.05, 3.63) is 65.2 Å². The Hall–Kier alpha value is -2.02. The zero-order chi connectivity index (χ0) is 15.2. The summed E-state index contributed by atoms with van der Waals surface area (Å²) >= 11 is 0. The Morgan fingerprint density at radius 2 is 1.86 bits per heavy atom. The highest BCUT2D eigenvalue weighted by Gasteiger charge is 2.17. The molecule has 2 atom stereocenters. The number of halogens is 1. The average Bonchev–Trinajstić information content (AvgIpc) is 2.53. The molecule has 0 aliphatic heterocycles. The molecule has 4 heteroatoms. The fraction of sp³-hybridized carbons (Fsp3) is 0.278. The maximum atomic E-state index is 9.03. The van der Waals surface area contributed by atoms with E-state index in [4.69, 9.17) is 15.7 Å². The molecule has 0 saturated heterocycles. The molecule has 0 bridgehead atoms. The lowest BCUT2D eigenvalue weighted by molar-refractivity contribution is 0.414. The van der Waals surface area contributed by atoms with Crippen LogP contribution in [0.4, 0.5) is 0 Å². The fourth-order valence-corrected chi connectivity index (χ4v) is 2.46. The first kappa shape index (κ1) is 18.0. The minimum atomic E-state index is 0. The lowest BCUT2D eigenvalue weighted by Gasteiger charge is -2.21. The van der Waals surface area contributed by atoms with Gasteiger partial charge in [0.25, 0.3) is 0 Å². The Balaban J connectivity index is 0.00000242. The summed E-state index contributed by atoms with van der Waals surface area (Å²) in [7, 11) is 1.66. The third kappa shape index (κ3) is 4.49. The number of benzene rings is 2. The van der Waals surface area contributed by atoms with Crippen LogP contribution in [0.2, 0.25) is 0 Å². The van der Waals surface area contributed by atoms with Crippen LogP contribution in [0, 0.1) is 11.3 Å². The number of rotatable bonds is 5. The van der Waals surface area contributed by atoms with Gasteiger partial charge in [0.1, 0.15) is 5.75 Å². The maximum Gasteiger partial charge on any atom is 0.118 e. The van der Waals surface area contributed by atoms with Crippen molar-refractivity contribution in [3.8, 4) is 11.8 Å². The van der Waals surface area contributed by atoms with Gasteiger partial charge in [-0.2, -0.15) is 5.26 Å². The molecule has 116 valence electrons. The van der Waals surface area contributed by atoms with Crippen LogP contribution in [0.15, 0.2) is 48.5 Å². The summed E-state index contributed by atoms with van der Waals surface area (Å²) < 4.78 is 5.18. The first-order valence-electron chi connectivity index (χ1n) is 7.02. The molecule has 2 N–H and O–H groups in total. The van der Waals surface area contributed by atoms with Gasteiger partial charge in [-0.05, 0) is 48.7 Å². The summed E-state index contributed by atoms with van der Waals surface area (Å²) in [5, 5.41) is 9.03. The van der Waals surface area contributed by atoms with Crippen LogP contribution in [-0.4, -0.2) is 13.2 Å². The van der Waals surface area contributed by atoms with Crippen molar-refractivity contribution in [2.45, 2.75) is 25.3 Å². The van der Waals surface area contributed by atoms with Crippen LogP contribution in [0.1, 0.15) is 29.5 Å². The van der Waals surface area contributed by atoms with Crippen LogP contribution in [0.25, 0.3) is 0 Å². The van der Waals surface area contributed by atoms with Gasteiger partial charge in [-0.1, -0.05) is 24.3 Å². The molecule has 3 nitrogen and oxygen atoms in total. The molecule has 0 saturated carbocycles. The van der Waals surface area contributed by atoms with Gasteiger partial charge in [0, 0.05) is 12.0 Å². The summed E-state index contributed by atoms with van der Waals surface area (Å²) in [4.78, 5) is 0. The van der Waals surface area contributed by atoms with E-state index in [-0.39, 0.29) is 24.4 Å². The van der Waals surface area contributed by atoms with Crippen molar-refractivity contribution in [2.24, 2.45) is 5.73 Å². The highest BCUT2D eigenvalue weighted by atomic mass is 35.5. The van der Waals surface area contributed by atoms with Crippen molar-refractivity contribution >= 4 is 12.4 Å². The Morgan fingerprint density at radius 3 is 2.41 bits per heavy atom. The van der Waals surface area contributed by atoms with Gasteiger partial charge in [0.15, 0.2) is 0 Å². The second kappa shape index (κ2) is 8.43. The Morgan fingerprint density at radius 1 is 1.18 bits per heavy atom.